The molecule has 2 aromatic heterocycles. The smallest absolute Gasteiger partial charge is 0.154 e. The Kier molecular flexibility index (Phi) is 5.67. The van der Waals surface area contributed by atoms with Gasteiger partial charge in [-0.05, 0) is 45.5 Å². The van der Waals surface area contributed by atoms with E-state index in [0.29, 0.717) is 33.6 Å². The van der Waals surface area contributed by atoms with E-state index in [4.69, 9.17) is 0 Å². The third-order valence-electron chi connectivity index (χ3n) is 7.96. The number of aliphatic hydroxyl groups is 2. The highest BCUT2D eigenvalue weighted by Crippen LogP contribution is 2.56. The molecule has 0 amide bonds. The lowest BCUT2D eigenvalue weighted by Crippen LogP contribution is -2.53. The van der Waals surface area contributed by atoms with Crippen molar-refractivity contribution in [2.24, 2.45) is 0 Å². The van der Waals surface area contributed by atoms with Crippen molar-refractivity contribution in [1.82, 2.24) is 9.97 Å². The number of hydrogen-bond donors (Lipinski definition) is 2. The van der Waals surface area contributed by atoms with Crippen LogP contribution in [-0.4, -0.2) is 20.2 Å². The molecular formula is C36H26N2O2. The molecule has 2 N–H and O–H groups in total. The van der Waals surface area contributed by atoms with Crippen LogP contribution in [0.2, 0.25) is 0 Å². The van der Waals surface area contributed by atoms with E-state index in [9.17, 15) is 10.2 Å². The summed E-state index contributed by atoms with van der Waals surface area (Å²) < 4.78 is 0. The summed E-state index contributed by atoms with van der Waals surface area (Å²) in [5.41, 5.74) is 3.73. The Morgan fingerprint density at radius 2 is 0.725 bits per heavy atom. The molecule has 0 saturated heterocycles. The van der Waals surface area contributed by atoms with Crippen molar-refractivity contribution in [2.45, 2.75) is 11.2 Å². The second kappa shape index (κ2) is 9.38. The minimum absolute atomic E-state index is 0.503. The van der Waals surface area contributed by atoms with Crippen molar-refractivity contribution in [1.29, 1.82) is 0 Å². The highest BCUT2D eigenvalue weighted by Gasteiger charge is 2.59. The molecule has 0 unspecified atom stereocenters. The van der Waals surface area contributed by atoms with Crippen LogP contribution in [0.4, 0.5) is 0 Å². The zero-order valence-electron chi connectivity index (χ0n) is 21.6. The first-order valence-electron chi connectivity index (χ1n) is 13.3. The molecule has 1 aliphatic carbocycles. The number of pyridine rings is 2. The molecule has 0 aliphatic heterocycles. The van der Waals surface area contributed by atoms with Crippen LogP contribution in [0.25, 0.3) is 33.6 Å². The summed E-state index contributed by atoms with van der Waals surface area (Å²) >= 11 is 0. The van der Waals surface area contributed by atoms with Crippen LogP contribution in [0.5, 0.6) is 0 Å². The molecule has 6 aromatic rings. The van der Waals surface area contributed by atoms with E-state index in [-0.39, 0.29) is 0 Å². The average molecular weight is 519 g/mol. The van der Waals surface area contributed by atoms with Crippen molar-refractivity contribution in [3.05, 3.63) is 168 Å². The first kappa shape index (κ1) is 24.2. The first-order valence-corrected chi connectivity index (χ1v) is 13.3. The van der Waals surface area contributed by atoms with Gasteiger partial charge in [0, 0.05) is 23.5 Å². The maximum Gasteiger partial charge on any atom is 0.154 e. The van der Waals surface area contributed by atoms with Crippen LogP contribution in [0.15, 0.2) is 146 Å². The van der Waals surface area contributed by atoms with Crippen LogP contribution in [0.3, 0.4) is 0 Å². The highest BCUT2D eigenvalue weighted by atomic mass is 16.4. The fourth-order valence-corrected chi connectivity index (χ4v) is 5.96. The average Bonchev–Trinajstić information content (AvgIpc) is 3.04. The van der Waals surface area contributed by atoms with Crippen molar-refractivity contribution in [2.75, 3.05) is 0 Å². The Morgan fingerprint density at radius 1 is 0.375 bits per heavy atom. The number of benzene rings is 4. The molecule has 7 rings (SSSR count). The molecule has 0 radical (unpaired) electrons. The van der Waals surface area contributed by atoms with Crippen LogP contribution in [-0.2, 0) is 11.2 Å². The Bertz CT molecular complexity index is 1670. The predicted molar refractivity (Wildman–Crippen MR) is 157 cm³/mol. The van der Waals surface area contributed by atoms with Gasteiger partial charge in [0.15, 0.2) is 11.2 Å². The van der Waals surface area contributed by atoms with Gasteiger partial charge in [0.1, 0.15) is 0 Å². The molecule has 0 saturated carbocycles. The van der Waals surface area contributed by atoms with Crippen LogP contribution >= 0.6 is 0 Å². The molecule has 4 nitrogen and oxygen atoms in total. The summed E-state index contributed by atoms with van der Waals surface area (Å²) in [6, 6.07) is 42.9. The number of fused-ring (bicyclic) bond motifs is 3. The van der Waals surface area contributed by atoms with Gasteiger partial charge >= 0.3 is 0 Å². The minimum atomic E-state index is -1.85. The lowest BCUT2D eigenvalue weighted by atomic mass is 9.62. The molecule has 4 heteroatoms. The Hall–Kier alpha value is -4.90. The number of nitrogens with zero attached hydrogens (tertiary/aromatic N) is 2. The van der Waals surface area contributed by atoms with Crippen LogP contribution in [0.1, 0.15) is 22.3 Å². The van der Waals surface area contributed by atoms with Crippen LogP contribution in [0, 0.1) is 0 Å². The zero-order chi connectivity index (χ0) is 27.2. The zero-order valence-corrected chi connectivity index (χ0v) is 21.6. The monoisotopic (exact) mass is 518 g/mol. The van der Waals surface area contributed by atoms with E-state index in [1.807, 2.05) is 97.1 Å². The second-order valence-corrected chi connectivity index (χ2v) is 10.1. The standard InChI is InChI=1S/C36H26N2O2/c39-35(29-19-15-27(16-20-29)25-9-3-1-4-10-25)31-13-7-23-37-33(31)34-32(14-8-24-38-34)36(35,40)30-21-17-28(18-22-30)26-11-5-2-6-12-26/h1-24,39-40H/t35-,36-/m0/s1. The molecule has 2 atom stereocenters. The van der Waals surface area contributed by atoms with Crippen molar-refractivity contribution in [3.63, 3.8) is 0 Å². The summed E-state index contributed by atoms with van der Waals surface area (Å²) in [5.74, 6) is 0. The largest absolute Gasteiger partial charge is 0.376 e. The van der Waals surface area contributed by atoms with Gasteiger partial charge in [0.25, 0.3) is 0 Å². The normalized spacial score (nSPS) is 19.4. The number of rotatable bonds is 4. The third kappa shape index (κ3) is 3.54. The van der Waals surface area contributed by atoms with Crippen molar-refractivity contribution < 1.29 is 10.2 Å². The molecule has 0 spiro atoms. The maximum absolute atomic E-state index is 12.9. The molecule has 1 aliphatic rings. The Labute approximate surface area is 232 Å². The van der Waals surface area contributed by atoms with Gasteiger partial charge in [-0.2, -0.15) is 0 Å². The summed E-state index contributed by atoms with van der Waals surface area (Å²) in [7, 11) is 0. The second-order valence-electron chi connectivity index (χ2n) is 10.1. The SMILES string of the molecule is O[C@@]1(c2ccc(-c3ccccc3)cc2)c2cccnc2-c2ncccc2[C@@]1(O)c1ccc(-c2ccccc2)cc1. The van der Waals surface area contributed by atoms with Crippen molar-refractivity contribution >= 4 is 0 Å². The Morgan fingerprint density at radius 3 is 1.10 bits per heavy atom. The topological polar surface area (TPSA) is 66.2 Å². The van der Waals surface area contributed by atoms with Gasteiger partial charge in [-0.3, -0.25) is 9.97 Å². The molecule has 0 fully saturated rings. The van der Waals surface area contributed by atoms with Gasteiger partial charge in [-0.15, -0.1) is 0 Å². The fourth-order valence-electron chi connectivity index (χ4n) is 5.96. The summed E-state index contributed by atoms with van der Waals surface area (Å²) in [4.78, 5) is 9.25. The van der Waals surface area contributed by atoms with E-state index in [2.05, 4.69) is 34.2 Å². The molecule has 0 bridgehead atoms. The van der Waals surface area contributed by atoms with Crippen LogP contribution < -0.4 is 0 Å². The van der Waals surface area contributed by atoms with Gasteiger partial charge < -0.3 is 10.2 Å². The van der Waals surface area contributed by atoms with Gasteiger partial charge in [-0.1, -0.05) is 121 Å². The molecular weight excluding hydrogens is 492 g/mol. The molecule has 2 heterocycles. The maximum atomic E-state index is 12.9. The fraction of sp³-hybridized carbons (Fsp3) is 0.0556. The van der Waals surface area contributed by atoms with Gasteiger partial charge in [0.05, 0.1) is 11.4 Å². The predicted octanol–water partition coefficient (Wildman–Crippen LogP) is 6.96. The van der Waals surface area contributed by atoms with E-state index in [1.54, 1.807) is 24.5 Å². The van der Waals surface area contributed by atoms with E-state index in [1.165, 1.54) is 0 Å². The van der Waals surface area contributed by atoms with E-state index >= 15 is 0 Å². The number of aromatic nitrogens is 2. The molecule has 4 aromatic carbocycles. The quantitative estimate of drug-likeness (QED) is 0.265. The lowest BCUT2D eigenvalue weighted by molar-refractivity contribution is -0.114. The summed E-state index contributed by atoms with van der Waals surface area (Å²) in [5, 5.41) is 25.9. The van der Waals surface area contributed by atoms with Gasteiger partial charge in [0.2, 0.25) is 0 Å². The third-order valence-corrected chi connectivity index (χ3v) is 7.96. The number of hydrogen-bond acceptors (Lipinski definition) is 4. The first-order chi connectivity index (χ1) is 19.6. The minimum Gasteiger partial charge on any atom is -0.376 e. The highest BCUT2D eigenvalue weighted by molar-refractivity contribution is 5.75. The molecule has 40 heavy (non-hydrogen) atoms. The van der Waals surface area contributed by atoms with E-state index in [0.717, 1.165) is 22.3 Å². The summed E-state index contributed by atoms with van der Waals surface area (Å²) in [6.45, 7) is 0. The summed E-state index contributed by atoms with van der Waals surface area (Å²) in [6.07, 6.45) is 3.38. The lowest BCUT2D eigenvalue weighted by Gasteiger charge is -2.48. The van der Waals surface area contributed by atoms with Gasteiger partial charge in [-0.25, -0.2) is 0 Å². The molecule has 192 valence electrons. The van der Waals surface area contributed by atoms with Crippen molar-refractivity contribution in [3.8, 4) is 33.6 Å². The Balaban J connectivity index is 1.46. The van der Waals surface area contributed by atoms with E-state index < -0.39 is 11.2 Å².